The number of hydrogen-bond donors (Lipinski definition) is 1. The molecule has 2 aromatic rings. The van der Waals surface area contributed by atoms with Gasteiger partial charge < -0.3 is 19.2 Å². The molecule has 0 saturated heterocycles. The van der Waals surface area contributed by atoms with Gasteiger partial charge in [-0.05, 0) is 24.3 Å². The van der Waals surface area contributed by atoms with Gasteiger partial charge in [-0.2, -0.15) is 0 Å². The molecule has 20 heavy (non-hydrogen) atoms. The fourth-order valence-corrected chi connectivity index (χ4v) is 1.79. The molecule has 0 atom stereocenters. The average molecular weight is 275 g/mol. The Morgan fingerprint density at radius 3 is 2.45 bits per heavy atom. The average Bonchev–Trinajstić information content (AvgIpc) is 2.99. The molecule has 1 amide bonds. The zero-order valence-electron chi connectivity index (χ0n) is 11.5. The summed E-state index contributed by atoms with van der Waals surface area (Å²) >= 11 is 0. The Labute approximate surface area is 117 Å². The second kappa shape index (κ2) is 6.65. The molecule has 5 heteroatoms. The van der Waals surface area contributed by atoms with Crippen LogP contribution in [-0.2, 0) is 6.42 Å². The molecule has 0 saturated carbocycles. The SMILES string of the molecule is COc1cc(OC)cc(C(=O)NCCc2ccco2)c1. The number of benzene rings is 1. The van der Waals surface area contributed by atoms with Crippen molar-refractivity contribution in [1.82, 2.24) is 5.32 Å². The fourth-order valence-electron chi connectivity index (χ4n) is 1.79. The van der Waals surface area contributed by atoms with E-state index in [-0.39, 0.29) is 5.91 Å². The Kier molecular flexibility index (Phi) is 4.65. The van der Waals surface area contributed by atoms with Crippen LogP contribution in [0, 0.1) is 0 Å². The smallest absolute Gasteiger partial charge is 0.251 e. The molecular weight excluding hydrogens is 258 g/mol. The molecule has 2 rings (SSSR count). The first kappa shape index (κ1) is 14.0. The highest BCUT2D eigenvalue weighted by Gasteiger charge is 2.09. The summed E-state index contributed by atoms with van der Waals surface area (Å²) in [5, 5.41) is 2.83. The van der Waals surface area contributed by atoms with Crippen molar-refractivity contribution in [2.24, 2.45) is 0 Å². The largest absolute Gasteiger partial charge is 0.497 e. The third kappa shape index (κ3) is 3.54. The molecule has 0 aliphatic carbocycles. The molecule has 1 N–H and O–H groups in total. The minimum atomic E-state index is -0.172. The summed E-state index contributed by atoms with van der Waals surface area (Å²) in [4.78, 5) is 12.1. The van der Waals surface area contributed by atoms with Crippen LogP contribution in [-0.4, -0.2) is 26.7 Å². The van der Waals surface area contributed by atoms with Crippen molar-refractivity contribution in [3.63, 3.8) is 0 Å². The van der Waals surface area contributed by atoms with Crippen LogP contribution in [0.3, 0.4) is 0 Å². The topological polar surface area (TPSA) is 60.7 Å². The Morgan fingerprint density at radius 2 is 1.90 bits per heavy atom. The van der Waals surface area contributed by atoms with Gasteiger partial charge in [0, 0.05) is 24.6 Å². The maximum absolute atomic E-state index is 12.1. The number of methoxy groups -OCH3 is 2. The molecule has 0 aliphatic rings. The maximum Gasteiger partial charge on any atom is 0.251 e. The molecule has 0 spiro atoms. The highest BCUT2D eigenvalue weighted by atomic mass is 16.5. The van der Waals surface area contributed by atoms with E-state index in [1.54, 1.807) is 38.7 Å². The third-order valence-electron chi connectivity index (χ3n) is 2.85. The van der Waals surface area contributed by atoms with Gasteiger partial charge in [-0.15, -0.1) is 0 Å². The van der Waals surface area contributed by atoms with Crippen LogP contribution in [0.4, 0.5) is 0 Å². The van der Waals surface area contributed by atoms with Crippen LogP contribution < -0.4 is 14.8 Å². The number of nitrogens with one attached hydrogen (secondary N) is 1. The summed E-state index contributed by atoms with van der Waals surface area (Å²) in [6.07, 6.45) is 2.27. The monoisotopic (exact) mass is 275 g/mol. The van der Waals surface area contributed by atoms with Crippen molar-refractivity contribution in [3.8, 4) is 11.5 Å². The fraction of sp³-hybridized carbons (Fsp3) is 0.267. The number of rotatable bonds is 6. The summed E-state index contributed by atoms with van der Waals surface area (Å²) in [6, 6.07) is 8.76. The highest BCUT2D eigenvalue weighted by Crippen LogP contribution is 2.22. The van der Waals surface area contributed by atoms with Gasteiger partial charge in [0.25, 0.3) is 5.91 Å². The molecule has 1 aromatic heterocycles. The minimum Gasteiger partial charge on any atom is -0.497 e. The maximum atomic E-state index is 12.1. The summed E-state index contributed by atoms with van der Waals surface area (Å²) in [5.41, 5.74) is 0.501. The second-order valence-corrected chi connectivity index (χ2v) is 4.19. The first-order valence-corrected chi connectivity index (χ1v) is 6.26. The third-order valence-corrected chi connectivity index (χ3v) is 2.85. The van der Waals surface area contributed by atoms with Gasteiger partial charge in [-0.1, -0.05) is 0 Å². The number of hydrogen-bond acceptors (Lipinski definition) is 4. The van der Waals surface area contributed by atoms with Crippen LogP contribution >= 0.6 is 0 Å². The van der Waals surface area contributed by atoms with Crippen molar-refractivity contribution in [1.29, 1.82) is 0 Å². The summed E-state index contributed by atoms with van der Waals surface area (Å²) in [6.45, 7) is 0.506. The zero-order valence-corrected chi connectivity index (χ0v) is 11.5. The van der Waals surface area contributed by atoms with E-state index in [2.05, 4.69) is 5.32 Å². The van der Waals surface area contributed by atoms with Gasteiger partial charge in [0.15, 0.2) is 0 Å². The molecule has 0 radical (unpaired) electrons. The highest BCUT2D eigenvalue weighted by molar-refractivity contribution is 5.95. The van der Waals surface area contributed by atoms with Crippen molar-refractivity contribution < 1.29 is 18.7 Å². The number of carbonyl (C=O) groups excluding carboxylic acids is 1. The van der Waals surface area contributed by atoms with Crippen molar-refractivity contribution in [2.45, 2.75) is 6.42 Å². The Balaban J connectivity index is 1.97. The van der Waals surface area contributed by atoms with Crippen LogP contribution in [0.25, 0.3) is 0 Å². The van der Waals surface area contributed by atoms with E-state index in [1.165, 1.54) is 0 Å². The Bertz CT molecular complexity index is 541. The van der Waals surface area contributed by atoms with E-state index in [9.17, 15) is 4.79 Å². The molecule has 106 valence electrons. The Morgan fingerprint density at radius 1 is 1.20 bits per heavy atom. The number of ether oxygens (including phenoxy) is 2. The zero-order chi connectivity index (χ0) is 14.4. The molecule has 1 heterocycles. The van der Waals surface area contributed by atoms with Gasteiger partial charge in [0.05, 0.1) is 20.5 Å². The predicted octanol–water partition coefficient (Wildman–Crippen LogP) is 2.27. The Hall–Kier alpha value is -2.43. The number of amides is 1. The molecular formula is C15H17NO4. The standard InChI is InChI=1S/C15H17NO4/c1-18-13-8-11(9-14(10-13)19-2)15(17)16-6-5-12-4-3-7-20-12/h3-4,7-10H,5-6H2,1-2H3,(H,16,17). The molecule has 0 bridgehead atoms. The molecule has 0 unspecified atom stereocenters. The lowest BCUT2D eigenvalue weighted by molar-refractivity contribution is 0.0953. The van der Waals surface area contributed by atoms with Gasteiger partial charge in [-0.25, -0.2) is 0 Å². The summed E-state index contributed by atoms with van der Waals surface area (Å²) in [7, 11) is 3.10. The molecule has 1 aromatic carbocycles. The van der Waals surface area contributed by atoms with Gasteiger partial charge in [0.2, 0.25) is 0 Å². The predicted molar refractivity (Wildman–Crippen MR) is 74.3 cm³/mol. The van der Waals surface area contributed by atoms with E-state index in [1.807, 2.05) is 12.1 Å². The van der Waals surface area contributed by atoms with Crippen LogP contribution in [0.1, 0.15) is 16.1 Å². The second-order valence-electron chi connectivity index (χ2n) is 4.19. The van der Waals surface area contributed by atoms with E-state index in [0.29, 0.717) is 30.0 Å². The van der Waals surface area contributed by atoms with E-state index < -0.39 is 0 Å². The van der Waals surface area contributed by atoms with Gasteiger partial charge in [0.1, 0.15) is 17.3 Å². The lowest BCUT2D eigenvalue weighted by Gasteiger charge is -2.08. The summed E-state index contributed by atoms with van der Waals surface area (Å²) < 4.78 is 15.5. The van der Waals surface area contributed by atoms with Gasteiger partial charge >= 0.3 is 0 Å². The molecule has 5 nitrogen and oxygen atoms in total. The first-order chi connectivity index (χ1) is 9.72. The van der Waals surface area contributed by atoms with Crippen LogP contribution in [0.5, 0.6) is 11.5 Å². The number of carbonyl (C=O) groups is 1. The lowest BCUT2D eigenvalue weighted by Crippen LogP contribution is -2.25. The summed E-state index contributed by atoms with van der Waals surface area (Å²) in [5.74, 6) is 1.84. The lowest BCUT2D eigenvalue weighted by atomic mass is 10.2. The minimum absolute atomic E-state index is 0.172. The number of furan rings is 1. The molecule has 0 aliphatic heterocycles. The van der Waals surface area contributed by atoms with Crippen molar-refractivity contribution in [3.05, 3.63) is 47.9 Å². The van der Waals surface area contributed by atoms with Crippen molar-refractivity contribution in [2.75, 3.05) is 20.8 Å². The van der Waals surface area contributed by atoms with Crippen LogP contribution in [0.15, 0.2) is 41.0 Å². The molecule has 0 fully saturated rings. The first-order valence-electron chi connectivity index (χ1n) is 6.26. The van der Waals surface area contributed by atoms with Gasteiger partial charge in [-0.3, -0.25) is 4.79 Å². The van der Waals surface area contributed by atoms with E-state index in [4.69, 9.17) is 13.9 Å². The van der Waals surface area contributed by atoms with Crippen LogP contribution in [0.2, 0.25) is 0 Å². The van der Waals surface area contributed by atoms with Crippen molar-refractivity contribution >= 4 is 5.91 Å². The normalized spacial score (nSPS) is 10.1. The van der Waals surface area contributed by atoms with E-state index >= 15 is 0 Å². The quantitative estimate of drug-likeness (QED) is 0.878. The van der Waals surface area contributed by atoms with E-state index in [0.717, 1.165) is 5.76 Å².